The molecule has 5 nitrogen and oxygen atoms in total. The molecule has 18 heavy (non-hydrogen) atoms. The van der Waals surface area contributed by atoms with Crippen LogP contribution in [0.1, 0.15) is 20.3 Å². The van der Waals surface area contributed by atoms with Crippen LogP contribution in [0, 0.1) is 15.5 Å². The zero-order valence-electron chi connectivity index (χ0n) is 10.1. The molecule has 1 aromatic rings. The largest absolute Gasteiger partial charge is 0.482 e. The van der Waals surface area contributed by atoms with Crippen LogP contribution in [0.5, 0.6) is 5.75 Å². The number of hydrogen-bond acceptors (Lipinski definition) is 4. The molecular weight excluding hydrogens is 258 g/mol. The third-order valence-corrected chi connectivity index (χ3v) is 3.83. The molecule has 0 saturated heterocycles. The number of ether oxygens (including phenoxy) is 1. The second kappa shape index (κ2) is 4.40. The average molecular weight is 272 g/mol. The number of nitro benzene ring substituents is 1. The Morgan fingerprint density at radius 3 is 2.72 bits per heavy atom. The summed E-state index contributed by atoms with van der Waals surface area (Å²) in [6.07, 6.45) is -0.273. The lowest BCUT2D eigenvalue weighted by atomic mass is 9.66. The molecule has 0 heterocycles. The fraction of sp³-hybridized carbons (Fsp3) is 0.500. The molecule has 2 rings (SSSR count). The summed E-state index contributed by atoms with van der Waals surface area (Å²) >= 11 is 5.94. The van der Waals surface area contributed by atoms with E-state index in [1.807, 2.05) is 13.8 Å². The zero-order valence-corrected chi connectivity index (χ0v) is 10.8. The average Bonchev–Trinajstić information content (AvgIpc) is 2.30. The molecule has 2 unspecified atom stereocenters. The molecule has 0 amide bonds. The Morgan fingerprint density at radius 1 is 1.56 bits per heavy atom. The molecule has 0 aliphatic heterocycles. The Kier molecular flexibility index (Phi) is 3.21. The molecule has 6 heteroatoms. The van der Waals surface area contributed by atoms with Crippen LogP contribution in [-0.2, 0) is 0 Å². The van der Waals surface area contributed by atoms with Crippen LogP contribution in [0.25, 0.3) is 0 Å². The van der Waals surface area contributed by atoms with E-state index in [1.54, 1.807) is 6.07 Å². The molecule has 0 aromatic heterocycles. The summed E-state index contributed by atoms with van der Waals surface area (Å²) in [5.74, 6) is 0.0779. The van der Waals surface area contributed by atoms with Crippen molar-refractivity contribution in [1.82, 2.24) is 0 Å². The van der Waals surface area contributed by atoms with Crippen LogP contribution in [0.4, 0.5) is 5.69 Å². The second-order valence-corrected chi connectivity index (χ2v) is 5.43. The number of nitrogens with zero attached hydrogens (tertiary/aromatic N) is 1. The smallest absolute Gasteiger partial charge is 0.312 e. The van der Waals surface area contributed by atoms with Crippen molar-refractivity contribution in [2.75, 3.05) is 0 Å². The number of hydrogen-bond donors (Lipinski definition) is 1. The first-order valence-electron chi connectivity index (χ1n) is 5.61. The molecule has 1 fully saturated rings. The minimum Gasteiger partial charge on any atom is -0.482 e. The maximum Gasteiger partial charge on any atom is 0.312 e. The van der Waals surface area contributed by atoms with Crippen molar-refractivity contribution in [2.24, 2.45) is 5.41 Å². The predicted molar refractivity (Wildman–Crippen MR) is 66.9 cm³/mol. The van der Waals surface area contributed by atoms with E-state index < -0.39 is 16.4 Å². The summed E-state index contributed by atoms with van der Waals surface area (Å²) in [6.45, 7) is 3.71. The first-order valence-corrected chi connectivity index (χ1v) is 5.99. The van der Waals surface area contributed by atoms with E-state index >= 15 is 0 Å². The highest BCUT2D eigenvalue weighted by Crippen LogP contribution is 2.45. The normalized spacial score (nSPS) is 25.3. The van der Waals surface area contributed by atoms with Crippen LogP contribution in [0.3, 0.4) is 0 Å². The maximum absolute atomic E-state index is 10.9. The Labute approximate surface area is 109 Å². The van der Waals surface area contributed by atoms with Gasteiger partial charge in [-0.25, -0.2) is 0 Å². The van der Waals surface area contributed by atoms with Gasteiger partial charge in [-0.3, -0.25) is 10.1 Å². The van der Waals surface area contributed by atoms with Gasteiger partial charge in [0.2, 0.25) is 5.75 Å². The molecule has 1 saturated carbocycles. The van der Waals surface area contributed by atoms with Crippen LogP contribution in [-0.4, -0.2) is 22.2 Å². The van der Waals surface area contributed by atoms with Crippen molar-refractivity contribution in [3.8, 4) is 5.75 Å². The Hall–Kier alpha value is -1.33. The summed E-state index contributed by atoms with van der Waals surface area (Å²) in [4.78, 5) is 10.4. The van der Waals surface area contributed by atoms with Crippen molar-refractivity contribution in [1.29, 1.82) is 0 Å². The summed E-state index contributed by atoms with van der Waals surface area (Å²) in [6, 6.07) is 4.41. The molecule has 1 aliphatic rings. The third-order valence-electron chi connectivity index (χ3n) is 3.53. The number of para-hydroxylation sites is 1. The monoisotopic (exact) mass is 271 g/mol. The van der Waals surface area contributed by atoms with E-state index in [1.165, 1.54) is 12.1 Å². The highest BCUT2D eigenvalue weighted by atomic mass is 35.5. The van der Waals surface area contributed by atoms with Gasteiger partial charge in [0.1, 0.15) is 6.10 Å². The van der Waals surface area contributed by atoms with Crippen LogP contribution in [0.2, 0.25) is 5.02 Å². The molecule has 0 bridgehead atoms. The second-order valence-electron chi connectivity index (χ2n) is 5.02. The summed E-state index contributed by atoms with van der Waals surface area (Å²) in [5, 5.41) is 20.7. The highest BCUT2D eigenvalue weighted by molar-refractivity contribution is 6.32. The molecule has 1 aliphatic carbocycles. The molecule has 1 aromatic carbocycles. The van der Waals surface area contributed by atoms with Gasteiger partial charge in [-0.2, -0.15) is 0 Å². The van der Waals surface area contributed by atoms with Gasteiger partial charge in [0, 0.05) is 17.9 Å². The SMILES string of the molecule is CC1(C)C(O)CC1Oc1c(Cl)cccc1[N+](=O)[O-]. The summed E-state index contributed by atoms with van der Waals surface area (Å²) in [7, 11) is 0. The van der Waals surface area contributed by atoms with Gasteiger partial charge in [-0.05, 0) is 6.07 Å². The van der Waals surface area contributed by atoms with Gasteiger partial charge >= 0.3 is 5.69 Å². The van der Waals surface area contributed by atoms with Gasteiger partial charge in [-0.1, -0.05) is 31.5 Å². The van der Waals surface area contributed by atoms with Crippen LogP contribution in [0.15, 0.2) is 18.2 Å². The van der Waals surface area contributed by atoms with Gasteiger partial charge in [0.15, 0.2) is 0 Å². The van der Waals surface area contributed by atoms with Gasteiger partial charge in [-0.15, -0.1) is 0 Å². The zero-order chi connectivity index (χ0) is 13.5. The van der Waals surface area contributed by atoms with Gasteiger partial charge < -0.3 is 9.84 Å². The predicted octanol–water partition coefficient (Wildman–Crippen LogP) is 2.79. The molecule has 2 atom stereocenters. The first kappa shape index (κ1) is 13.1. The third kappa shape index (κ3) is 2.04. The van der Waals surface area contributed by atoms with Crippen molar-refractivity contribution in [3.63, 3.8) is 0 Å². The quantitative estimate of drug-likeness (QED) is 0.678. The Balaban J connectivity index is 2.27. The van der Waals surface area contributed by atoms with Crippen molar-refractivity contribution in [3.05, 3.63) is 33.3 Å². The number of nitro groups is 1. The summed E-state index contributed by atoms with van der Waals surface area (Å²) in [5.41, 5.74) is -0.577. The minimum absolute atomic E-state index is 0.0779. The number of rotatable bonds is 3. The maximum atomic E-state index is 10.9. The van der Waals surface area contributed by atoms with Crippen molar-refractivity contribution in [2.45, 2.75) is 32.5 Å². The van der Waals surface area contributed by atoms with E-state index in [0.29, 0.717) is 6.42 Å². The lowest BCUT2D eigenvalue weighted by Crippen LogP contribution is -2.56. The Morgan fingerprint density at radius 2 is 2.22 bits per heavy atom. The molecule has 0 radical (unpaired) electrons. The first-order chi connectivity index (χ1) is 8.34. The fourth-order valence-electron chi connectivity index (χ4n) is 1.96. The lowest BCUT2D eigenvalue weighted by molar-refractivity contribution is -0.386. The topological polar surface area (TPSA) is 72.6 Å². The Bertz CT molecular complexity index is 489. The van der Waals surface area contributed by atoms with Crippen molar-refractivity contribution >= 4 is 17.3 Å². The number of benzene rings is 1. The van der Waals surface area contributed by atoms with Crippen LogP contribution >= 0.6 is 11.6 Å². The standard InChI is InChI=1S/C12H14ClNO4/c1-12(2)9(15)6-10(12)18-11-7(13)4-3-5-8(11)14(16)17/h3-5,9-10,15H,6H2,1-2H3. The van der Waals surface area contributed by atoms with Gasteiger partial charge in [0.05, 0.1) is 16.0 Å². The highest BCUT2D eigenvalue weighted by Gasteiger charge is 2.49. The number of aliphatic hydroxyl groups excluding tert-OH is 1. The molecule has 1 N–H and O–H groups in total. The summed E-state index contributed by atoms with van der Waals surface area (Å²) < 4.78 is 5.63. The van der Waals surface area contributed by atoms with E-state index in [2.05, 4.69) is 0 Å². The molecule has 0 spiro atoms. The van der Waals surface area contributed by atoms with E-state index in [-0.39, 0.29) is 22.6 Å². The van der Waals surface area contributed by atoms with Crippen molar-refractivity contribution < 1.29 is 14.8 Å². The van der Waals surface area contributed by atoms with E-state index in [0.717, 1.165) is 0 Å². The van der Waals surface area contributed by atoms with E-state index in [9.17, 15) is 15.2 Å². The molecular formula is C12H14ClNO4. The number of halogens is 1. The molecule has 98 valence electrons. The van der Waals surface area contributed by atoms with Crippen LogP contribution < -0.4 is 4.74 Å². The fourth-order valence-corrected chi connectivity index (χ4v) is 2.18. The number of aliphatic hydroxyl groups is 1. The van der Waals surface area contributed by atoms with Gasteiger partial charge in [0.25, 0.3) is 0 Å². The lowest BCUT2D eigenvalue weighted by Gasteiger charge is -2.48. The minimum atomic E-state index is -0.524. The van der Waals surface area contributed by atoms with E-state index in [4.69, 9.17) is 16.3 Å².